The maximum absolute atomic E-state index is 12.4. The molecule has 3 unspecified atom stereocenters. The van der Waals surface area contributed by atoms with Gasteiger partial charge in [-0.25, -0.2) is 0 Å². The minimum atomic E-state index is -0.157. The van der Waals surface area contributed by atoms with Gasteiger partial charge in [-0.3, -0.25) is 4.79 Å². The maximum atomic E-state index is 12.4. The molecule has 0 aromatic heterocycles. The van der Waals surface area contributed by atoms with Gasteiger partial charge in [-0.1, -0.05) is 51.1 Å². The Morgan fingerprint density at radius 3 is 2.05 bits per heavy atom. The van der Waals surface area contributed by atoms with Gasteiger partial charge in [0.05, 0.1) is 12.0 Å². The summed E-state index contributed by atoms with van der Waals surface area (Å²) >= 11 is 0. The highest BCUT2D eigenvalue weighted by Crippen LogP contribution is 2.28. The number of nitrogens with two attached hydrogens (primary N) is 1. The average Bonchev–Trinajstić information content (AvgIpc) is 2.37. The number of carbonyl (C=O) groups is 1. The van der Waals surface area contributed by atoms with Gasteiger partial charge < -0.3 is 10.6 Å². The first-order chi connectivity index (χ1) is 8.86. The summed E-state index contributed by atoms with van der Waals surface area (Å²) in [5, 5.41) is 0. The van der Waals surface area contributed by atoms with Crippen molar-refractivity contribution in [2.75, 3.05) is 7.05 Å². The molecule has 19 heavy (non-hydrogen) atoms. The van der Waals surface area contributed by atoms with E-state index < -0.39 is 0 Å². The monoisotopic (exact) mass is 262 g/mol. The number of amides is 1. The molecule has 0 radical (unpaired) electrons. The van der Waals surface area contributed by atoms with Gasteiger partial charge in [-0.2, -0.15) is 0 Å². The predicted molar refractivity (Wildman–Crippen MR) is 79.6 cm³/mol. The molecular weight excluding hydrogens is 236 g/mol. The van der Waals surface area contributed by atoms with Crippen molar-refractivity contribution in [3.05, 3.63) is 35.9 Å². The van der Waals surface area contributed by atoms with Gasteiger partial charge in [-0.15, -0.1) is 0 Å². The van der Waals surface area contributed by atoms with Crippen LogP contribution in [-0.4, -0.2) is 23.9 Å². The second-order valence-corrected chi connectivity index (χ2v) is 5.70. The van der Waals surface area contributed by atoms with Gasteiger partial charge in [0.1, 0.15) is 0 Å². The van der Waals surface area contributed by atoms with Gasteiger partial charge in [-0.05, 0) is 18.4 Å². The Morgan fingerprint density at radius 1 is 1.11 bits per heavy atom. The topological polar surface area (TPSA) is 46.3 Å². The number of hydrogen-bond acceptors (Lipinski definition) is 2. The molecule has 0 aliphatic carbocycles. The smallest absolute Gasteiger partial charge is 0.227 e. The van der Waals surface area contributed by atoms with Gasteiger partial charge in [0.15, 0.2) is 0 Å². The molecule has 0 heterocycles. The highest BCUT2D eigenvalue weighted by molar-refractivity contribution is 5.79. The highest BCUT2D eigenvalue weighted by Gasteiger charge is 2.28. The molecule has 0 saturated heterocycles. The lowest BCUT2D eigenvalue weighted by molar-refractivity contribution is -0.137. The first-order valence-electron chi connectivity index (χ1n) is 6.93. The molecule has 1 amide bonds. The Kier molecular flexibility index (Phi) is 5.55. The molecule has 3 atom stereocenters. The Bertz CT molecular complexity index is 400. The molecule has 0 fully saturated rings. The first kappa shape index (κ1) is 15.7. The van der Waals surface area contributed by atoms with E-state index in [-0.39, 0.29) is 23.9 Å². The molecule has 0 saturated carbocycles. The summed E-state index contributed by atoms with van der Waals surface area (Å²) in [5.41, 5.74) is 7.01. The summed E-state index contributed by atoms with van der Waals surface area (Å²) in [4.78, 5) is 14.3. The van der Waals surface area contributed by atoms with E-state index in [0.29, 0.717) is 5.92 Å². The Labute approximate surface area is 116 Å². The summed E-state index contributed by atoms with van der Waals surface area (Å²) < 4.78 is 0. The van der Waals surface area contributed by atoms with E-state index in [9.17, 15) is 4.79 Å². The second kappa shape index (κ2) is 6.71. The van der Waals surface area contributed by atoms with Crippen molar-refractivity contribution in [2.24, 2.45) is 17.6 Å². The van der Waals surface area contributed by atoms with Crippen molar-refractivity contribution >= 4 is 5.91 Å². The normalized spacial score (nSPS) is 15.9. The summed E-state index contributed by atoms with van der Waals surface area (Å²) in [6.07, 6.45) is 0. The lowest BCUT2D eigenvalue weighted by atomic mass is 9.93. The van der Waals surface area contributed by atoms with Gasteiger partial charge in [0.25, 0.3) is 0 Å². The van der Waals surface area contributed by atoms with Crippen LogP contribution in [0.3, 0.4) is 0 Å². The van der Waals surface area contributed by atoms with E-state index >= 15 is 0 Å². The molecule has 1 rings (SSSR count). The second-order valence-electron chi connectivity index (χ2n) is 5.70. The van der Waals surface area contributed by atoms with Crippen molar-refractivity contribution in [1.29, 1.82) is 0 Å². The summed E-state index contributed by atoms with van der Waals surface area (Å²) in [5.74, 6) is 0.309. The largest absolute Gasteiger partial charge is 0.338 e. The summed E-state index contributed by atoms with van der Waals surface area (Å²) in [7, 11) is 1.87. The van der Waals surface area contributed by atoms with Gasteiger partial charge in [0, 0.05) is 13.1 Å². The van der Waals surface area contributed by atoms with Crippen LogP contribution in [0.15, 0.2) is 30.3 Å². The van der Waals surface area contributed by atoms with Crippen LogP contribution in [0.25, 0.3) is 0 Å². The number of nitrogens with zero attached hydrogens (tertiary/aromatic N) is 1. The molecule has 106 valence electrons. The molecule has 0 bridgehead atoms. The van der Waals surface area contributed by atoms with Crippen LogP contribution in [0.4, 0.5) is 0 Å². The predicted octanol–water partition coefficient (Wildman–Crippen LogP) is 2.83. The van der Waals surface area contributed by atoms with Crippen LogP contribution < -0.4 is 5.73 Å². The van der Waals surface area contributed by atoms with Crippen LogP contribution in [0.1, 0.15) is 39.3 Å². The number of carbonyl (C=O) groups excluding carboxylic acids is 1. The third kappa shape index (κ3) is 3.80. The lowest BCUT2D eigenvalue weighted by Crippen LogP contribution is -2.42. The SMILES string of the molecule is CC(C)C(c1ccccc1)N(C)C(=O)C(C)C(C)N. The quantitative estimate of drug-likeness (QED) is 0.887. The molecule has 2 N–H and O–H groups in total. The van der Waals surface area contributed by atoms with Crippen molar-refractivity contribution in [3.8, 4) is 0 Å². The van der Waals surface area contributed by atoms with E-state index in [1.165, 1.54) is 5.56 Å². The molecule has 0 spiro atoms. The fraction of sp³-hybridized carbons (Fsp3) is 0.562. The molecule has 0 aliphatic heterocycles. The Hall–Kier alpha value is -1.35. The van der Waals surface area contributed by atoms with E-state index in [1.54, 1.807) is 0 Å². The minimum Gasteiger partial charge on any atom is -0.338 e. The van der Waals surface area contributed by atoms with Crippen LogP contribution in [0.5, 0.6) is 0 Å². The zero-order valence-corrected chi connectivity index (χ0v) is 12.6. The standard InChI is InChI=1S/C16H26N2O/c1-11(2)15(14-9-7-6-8-10-14)18(5)16(19)12(3)13(4)17/h6-13,15H,17H2,1-5H3. The van der Waals surface area contributed by atoms with Crippen molar-refractivity contribution < 1.29 is 4.79 Å². The van der Waals surface area contributed by atoms with Crippen molar-refractivity contribution in [3.63, 3.8) is 0 Å². The van der Waals surface area contributed by atoms with Crippen LogP contribution in [0, 0.1) is 11.8 Å². The van der Waals surface area contributed by atoms with E-state index in [2.05, 4.69) is 26.0 Å². The highest BCUT2D eigenvalue weighted by atomic mass is 16.2. The zero-order valence-electron chi connectivity index (χ0n) is 12.6. The van der Waals surface area contributed by atoms with Gasteiger partial charge >= 0.3 is 0 Å². The third-order valence-electron chi connectivity index (χ3n) is 3.72. The summed E-state index contributed by atoms with van der Waals surface area (Å²) in [6, 6.07) is 10.1. The van der Waals surface area contributed by atoms with E-state index in [4.69, 9.17) is 5.73 Å². The van der Waals surface area contributed by atoms with E-state index in [1.807, 2.05) is 44.0 Å². The first-order valence-corrected chi connectivity index (χ1v) is 6.93. The van der Waals surface area contributed by atoms with Crippen molar-refractivity contribution in [1.82, 2.24) is 4.90 Å². The fourth-order valence-corrected chi connectivity index (χ4v) is 2.39. The number of benzene rings is 1. The Balaban J connectivity index is 2.98. The molecule has 3 heteroatoms. The van der Waals surface area contributed by atoms with Crippen LogP contribution in [-0.2, 0) is 4.79 Å². The Morgan fingerprint density at radius 2 is 1.63 bits per heavy atom. The summed E-state index contributed by atoms with van der Waals surface area (Å²) in [6.45, 7) is 8.05. The fourth-order valence-electron chi connectivity index (χ4n) is 2.39. The zero-order chi connectivity index (χ0) is 14.6. The molecule has 1 aromatic carbocycles. The number of hydrogen-bond donors (Lipinski definition) is 1. The minimum absolute atomic E-state index is 0.0925. The molecule has 1 aromatic rings. The van der Waals surface area contributed by atoms with Crippen LogP contribution in [0.2, 0.25) is 0 Å². The third-order valence-corrected chi connectivity index (χ3v) is 3.72. The van der Waals surface area contributed by atoms with Gasteiger partial charge in [0.2, 0.25) is 5.91 Å². The average molecular weight is 262 g/mol. The van der Waals surface area contributed by atoms with Crippen molar-refractivity contribution in [2.45, 2.75) is 39.8 Å². The van der Waals surface area contributed by atoms with Crippen LogP contribution >= 0.6 is 0 Å². The molecule has 0 aliphatic rings. The molecular formula is C16H26N2O. The van der Waals surface area contributed by atoms with E-state index in [0.717, 1.165) is 0 Å². The maximum Gasteiger partial charge on any atom is 0.227 e. The molecule has 3 nitrogen and oxygen atoms in total. The lowest BCUT2D eigenvalue weighted by Gasteiger charge is -2.34. The number of rotatable bonds is 5.